The average molecular weight is 422 g/mol. The van der Waals surface area contributed by atoms with E-state index in [4.69, 9.17) is 4.74 Å². The number of Topliss-reactive ketones (excluding diaryl/α,β-unsaturated/α-hetero) is 1. The number of amides is 1. The Morgan fingerprint density at radius 2 is 1.84 bits per heavy atom. The molecule has 1 fully saturated rings. The first-order valence-corrected chi connectivity index (χ1v) is 10.9. The molecule has 2 aromatic rings. The van der Waals surface area contributed by atoms with Gasteiger partial charge in [0.15, 0.2) is 0 Å². The van der Waals surface area contributed by atoms with Gasteiger partial charge < -0.3 is 14.7 Å². The summed E-state index contributed by atoms with van der Waals surface area (Å²) in [7, 11) is 0. The Morgan fingerprint density at radius 1 is 1.13 bits per heavy atom. The molecular formula is C26H31NO4. The van der Waals surface area contributed by atoms with Crippen LogP contribution in [-0.2, 0) is 9.59 Å². The maximum Gasteiger partial charge on any atom is 0.295 e. The third kappa shape index (κ3) is 4.50. The van der Waals surface area contributed by atoms with Gasteiger partial charge in [-0.2, -0.15) is 0 Å². The van der Waals surface area contributed by atoms with E-state index in [-0.39, 0.29) is 17.4 Å². The highest BCUT2D eigenvalue weighted by Gasteiger charge is 2.46. The van der Waals surface area contributed by atoms with E-state index in [0.29, 0.717) is 23.4 Å². The first-order valence-electron chi connectivity index (χ1n) is 10.9. The van der Waals surface area contributed by atoms with Crippen molar-refractivity contribution in [3.05, 3.63) is 70.3 Å². The van der Waals surface area contributed by atoms with Crippen molar-refractivity contribution in [3.8, 4) is 5.75 Å². The summed E-state index contributed by atoms with van der Waals surface area (Å²) in [5.41, 5.74) is 3.20. The number of ketones is 1. The van der Waals surface area contributed by atoms with Crippen LogP contribution >= 0.6 is 0 Å². The van der Waals surface area contributed by atoms with Gasteiger partial charge in [0.2, 0.25) is 0 Å². The summed E-state index contributed by atoms with van der Waals surface area (Å²) in [5, 5.41) is 11.3. The number of carbonyl (C=O) groups excluding carboxylic acids is 2. The molecular weight excluding hydrogens is 390 g/mol. The minimum atomic E-state index is -0.693. The molecule has 3 rings (SSSR count). The minimum Gasteiger partial charge on any atom is -0.507 e. The van der Waals surface area contributed by atoms with Crippen molar-refractivity contribution in [2.24, 2.45) is 0 Å². The highest BCUT2D eigenvalue weighted by Crippen LogP contribution is 2.43. The molecule has 0 aliphatic carbocycles. The number of hydrogen-bond acceptors (Lipinski definition) is 4. The van der Waals surface area contributed by atoms with Gasteiger partial charge in [-0.3, -0.25) is 9.59 Å². The Hall–Kier alpha value is -3.08. The summed E-state index contributed by atoms with van der Waals surface area (Å²) >= 11 is 0. The fourth-order valence-corrected chi connectivity index (χ4v) is 3.97. The number of para-hydroxylation sites is 1. The van der Waals surface area contributed by atoms with E-state index in [1.54, 1.807) is 4.90 Å². The highest BCUT2D eigenvalue weighted by atomic mass is 16.5. The van der Waals surface area contributed by atoms with Gasteiger partial charge in [0.25, 0.3) is 11.7 Å². The molecule has 5 heteroatoms. The predicted octanol–water partition coefficient (Wildman–Crippen LogP) is 5.31. The summed E-state index contributed by atoms with van der Waals surface area (Å²) in [6.45, 7) is 10.1. The predicted molar refractivity (Wildman–Crippen MR) is 122 cm³/mol. The number of hydrogen-bond donors (Lipinski definition) is 1. The van der Waals surface area contributed by atoms with Crippen molar-refractivity contribution in [2.75, 3.05) is 6.54 Å². The smallest absolute Gasteiger partial charge is 0.295 e. The molecule has 1 amide bonds. The Labute approximate surface area is 184 Å². The van der Waals surface area contributed by atoms with Gasteiger partial charge >= 0.3 is 0 Å². The lowest BCUT2D eigenvalue weighted by Gasteiger charge is -2.27. The Kier molecular flexibility index (Phi) is 6.84. The zero-order chi connectivity index (χ0) is 22.7. The van der Waals surface area contributed by atoms with Crippen LogP contribution in [-0.4, -0.2) is 34.3 Å². The summed E-state index contributed by atoms with van der Waals surface area (Å²) in [6, 6.07) is 12.4. The maximum atomic E-state index is 13.2. The zero-order valence-corrected chi connectivity index (χ0v) is 18.9. The second-order valence-corrected chi connectivity index (χ2v) is 8.37. The molecule has 2 aromatic carbocycles. The van der Waals surface area contributed by atoms with Crippen LogP contribution in [0.4, 0.5) is 0 Å². The first-order chi connectivity index (χ1) is 14.8. The Bertz CT molecular complexity index is 1020. The number of rotatable bonds is 7. The molecule has 1 atom stereocenters. The number of aryl methyl sites for hydroxylation is 2. The fourth-order valence-electron chi connectivity index (χ4n) is 3.97. The van der Waals surface area contributed by atoms with E-state index in [1.807, 2.05) is 77.1 Å². The first kappa shape index (κ1) is 22.6. The Balaban J connectivity index is 2.25. The molecule has 0 spiro atoms. The molecule has 1 N–H and O–H groups in total. The van der Waals surface area contributed by atoms with E-state index in [9.17, 15) is 14.7 Å². The molecule has 0 aromatic heterocycles. The highest BCUT2D eigenvalue weighted by molar-refractivity contribution is 6.46. The van der Waals surface area contributed by atoms with Crippen LogP contribution in [0.15, 0.2) is 48.0 Å². The van der Waals surface area contributed by atoms with Crippen LogP contribution < -0.4 is 4.74 Å². The quantitative estimate of drug-likeness (QED) is 0.374. The van der Waals surface area contributed by atoms with Crippen molar-refractivity contribution >= 4 is 17.4 Å². The van der Waals surface area contributed by atoms with Crippen LogP contribution in [0.2, 0.25) is 0 Å². The van der Waals surface area contributed by atoms with Crippen molar-refractivity contribution in [1.29, 1.82) is 0 Å². The van der Waals surface area contributed by atoms with Gasteiger partial charge in [0.05, 0.1) is 17.7 Å². The van der Waals surface area contributed by atoms with Gasteiger partial charge in [-0.15, -0.1) is 0 Å². The number of aliphatic hydroxyl groups excluding tert-OH is 1. The summed E-state index contributed by atoms with van der Waals surface area (Å²) in [5.74, 6) is -0.760. The Morgan fingerprint density at radius 3 is 2.52 bits per heavy atom. The standard InChI is InChI=1S/C26H31NO4/c1-6-7-14-27-23(19-10-8-9-11-21(19)31-16(2)3)22(25(29)26(27)30)24(28)20-15-17(4)12-13-18(20)5/h8-13,15-16,23,28H,6-7,14H2,1-5H3/b24-22+. The van der Waals surface area contributed by atoms with E-state index in [2.05, 4.69) is 0 Å². The van der Waals surface area contributed by atoms with E-state index < -0.39 is 17.7 Å². The number of nitrogens with zero attached hydrogens (tertiary/aromatic N) is 1. The molecule has 0 bridgehead atoms. The monoisotopic (exact) mass is 421 g/mol. The lowest BCUT2D eigenvalue weighted by Crippen LogP contribution is -2.31. The third-order valence-electron chi connectivity index (χ3n) is 5.52. The topological polar surface area (TPSA) is 66.8 Å². The molecule has 31 heavy (non-hydrogen) atoms. The summed E-state index contributed by atoms with van der Waals surface area (Å²) in [4.78, 5) is 27.7. The SMILES string of the molecule is CCCCN1C(=O)C(=O)/C(=C(/O)c2cc(C)ccc2C)C1c1ccccc1OC(C)C. The molecule has 1 saturated heterocycles. The number of aliphatic hydroxyl groups is 1. The van der Waals surface area contributed by atoms with Gasteiger partial charge in [-0.25, -0.2) is 0 Å². The lowest BCUT2D eigenvalue weighted by atomic mass is 9.92. The van der Waals surface area contributed by atoms with Crippen LogP contribution in [0.25, 0.3) is 5.76 Å². The largest absolute Gasteiger partial charge is 0.507 e. The fraction of sp³-hybridized carbons (Fsp3) is 0.385. The van der Waals surface area contributed by atoms with Crippen molar-refractivity contribution in [1.82, 2.24) is 4.90 Å². The number of benzene rings is 2. The van der Waals surface area contributed by atoms with Gasteiger partial charge in [-0.1, -0.05) is 49.2 Å². The van der Waals surface area contributed by atoms with Gasteiger partial charge in [0, 0.05) is 17.7 Å². The minimum absolute atomic E-state index is 0.0712. The van der Waals surface area contributed by atoms with E-state index in [1.165, 1.54) is 0 Å². The van der Waals surface area contributed by atoms with Crippen LogP contribution in [0.5, 0.6) is 5.75 Å². The second kappa shape index (κ2) is 9.38. The van der Waals surface area contributed by atoms with Gasteiger partial charge in [-0.05, 0) is 51.8 Å². The molecule has 1 heterocycles. The van der Waals surface area contributed by atoms with E-state index in [0.717, 1.165) is 24.0 Å². The van der Waals surface area contributed by atoms with Crippen LogP contribution in [0, 0.1) is 13.8 Å². The number of unbranched alkanes of at least 4 members (excludes halogenated alkanes) is 1. The molecule has 1 aliphatic rings. The maximum absolute atomic E-state index is 13.2. The van der Waals surface area contributed by atoms with Gasteiger partial charge in [0.1, 0.15) is 11.5 Å². The zero-order valence-electron chi connectivity index (χ0n) is 18.9. The number of carbonyl (C=O) groups is 2. The molecule has 0 radical (unpaired) electrons. The molecule has 5 nitrogen and oxygen atoms in total. The molecule has 164 valence electrons. The third-order valence-corrected chi connectivity index (χ3v) is 5.52. The van der Waals surface area contributed by atoms with Crippen molar-refractivity contribution < 1.29 is 19.4 Å². The summed E-state index contributed by atoms with van der Waals surface area (Å²) < 4.78 is 6.00. The summed E-state index contributed by atoms with van der Waals surface area (Å²) in [6.07, 6.45) is 1.58. The molecule has 1 aliphatic heterocycles. The van der Waals surface area contributed by atoms with Crippen molar-refractivity contribution in [3.63, 3.8) is 0 Å². The molecule has 0 saturated carbocycles. The lowest BCUT2D eigenvalue weighted by molar-refractivity contribution is -0.139. The van der Waals surface area contributed by atoms with Crippen LogP contribution in [0.1, 0.15) is 61.9 Å². The van der Waals surface area contributed by atoms with Crippen molar-refractivity contribution in [2.45, 2.75) is 59.6 Å². The number of likely N-dealkylation sites (tertiary alicyclic amines) is 1. The average Bonchev–Trinajstić information content (AvgIpc) is 2.98. The molecule has 1 unspecified atom stereocenters. The number of ether oxygens (including phenoxy) is 1. The second-order valence-electron chi connectivity index (χ2n) is 8.37. The van der Waals surface area contributed by atoms with Crippen LogP contribution in [0.3, 0.4) is 0 Å². The normalized spacial score (nSPS) is 18.1. The van der Waals surface area contributed by atoms with E-state index >= 15 is 0 Å².